The second-order valence-corrected chi connectivity index (χ2v) is 5.47. The Hall–Kier alpha value is -2.24. The van der Waals surface area contributed by atoms with Gasteiger partial charge in [-0.1, -0.05) is 29.3 Å². The lowest BCUT2D eigenvalue weighted by atomic mass is 10.2. The van der Waals surface area contributed by atoms with Crippen LogP contribution in [0.4, 0.5) is 0 Å². The molecule has 0 bridgehead atoms. The molecule has 0 aliphatic rings. The number of amides is 1. The molecule has 0 atom stereocenters. The zero-order valence-electron chi connectivity index (χ0n) is 11.2. The fourth-order valence-corrected chi connectivity index (χ4v) is 2.32. The molecule has 1 amide bonds. The van der Waals surface area contributed by atoms with Gasteiger partial charge in [-0.15, -0.1) is 0 Å². The SMILES string of the molecule is O=C(NCc1ccc2[nH]c(=O)oc2c1)c1ccc(Cl)c(Cl)c1. The van der Waals surface area contributed by atoms with Crippen molar-refractivity contribution < 1.29 is 9.21 Å². The van der Waals surface area contributed by atoms with E-state index in [2.05, 4.69) is 10.3 Å². The molecule has 5 nitrogen and oxygen atoms in total. The van der Waals surface area contributed by atoms with E-state index in [1.807, 2.05) is 0 Å². The average molecular weight is 337 g/mol. The highest BCUT2D eigenvalue weighted by atomic mass is 35.5. The molecule has 112 valence electrons. The first-order chi connectivity index (χ1) is 10.5. The second-order valence-electron chi connectivity index (χ2n) is 4.66. The zero-order valence-corrected chi connectivity index (χ0v) is 12.7. The zero-order chi connectivity index (χ0) is 15.7. The Morgan fingerprint density at radius 1 is 1.14 bits per heavy atom. The van der Waals surface area contributed by atoms with E-state index < -0.39 is 5.76 Å². The number of H-pyrrole nitrogens is 1. The van der Waals surface area contributed by atoms with Gasteiger partial charge in [0.25, 0.3) is 5.91 Å². The van der Waals surface area contributed by atoms with Crippen molar-refractivity contribution in [2.75, 3.05) is 0 Å². The number of carbonyl (C=O) groups excluding carboxylic acids is 1. The van der Waals surface area contributed by atoms with Crippen LogP contribution in [0.1, 0.15) is 15.9 Å². The van der Waals surface area contributed by atoms with Gasteiger partial charge in [0.2, 0.25) is 0 Å². The van der Waals surface area contributed by atoms with E-state index in [1.54, 1.807) is 30.3 Å². The first kappa shape index (κ1) is 14.7. The number of fused-ring (bicyclic) bond motifs is 1. The molecule has 1 heterocycles. The van der Waals surface area contributed by atoms with Gasteiger partial charge in [0.05, 0.1) is 15.6 Å². The summed E-state index contributed by atoms with van der Waals surface area (Å²) in [6.07, 6.45) is 0. The van der Waals surface area contributed by atoms with Crippen molar-refractivity contribution in [1.82, 2.24) is 10.3 Å². The number of benzene rings is 2. The third kappa shape index (κ3) is 3.00. The minimum absolute atomic E-state index is 0.269. The first-order valence-corrected chi connectivity index (χ1v) is 7.13. The van der Waals surface area contributed by atoms with Gasteiger partial charge in [0.15, 0.2) is 5.58 Å². The molecule has 2 aromatic carbocycles. The van der Waals surface area contributed by atoms with Gasteiger partial charge in [0.1, 0.15) is 0 Å². The summed E-state index contributed by atoms with van der Waals surface area (Å²) >= 11 is 11.7. The number of rotatable bonds is 3. The van der Waals surface area contributed by atoms with E-state index in [4.69, 9.17) is 27.6 Å². The minimum atomic E-state index is -0.507. The summed E-state index contributed by atoms with van der Waals surface area (Å²) in [4.78, 5) is 25.7. The number of aromatic amines is 1. The Kier molecular flexibility index (Phi) is 3.92. The van der Waals surface area contributed by atoms with Gasteiger partial charge in [-0.25, -0.2) is 4.79 Å². The van der Waals surface area contributed by atoms with Crippen molar-refractivity contribution >= 4 is 40.2 Å². The molecular weight excluding hydrogens is 327 g/mol. The van der Waals surface area contributed by atoms with Gasteiger partial charge in [-0.3, -0.25) is 9.78 Å². The van der Waals surface area contributed by atoms with Crippen LogP contribution in [0, 0.1) is 0 Å². The molecule has 0 saturated heterocycles. The van der Waals surface area contributed by atoms with Crippen LogP contribution in [0.3, 0.4) is 0 Å². The summed E-state index contributed by atoms with van der Waals surface area (Å²) in [5.41, 5.74) is 2.29. The molecule has 0 radical (unpaired) electrons. The van der Waals surface area contributed by atoms with E-state index in [0.29, 0.717) is 33.3 Å². The molecule has 0 aliphatic carbocycles. The number of aromatic nitrogens is 1. The molecular formula is C15H10Cl2N2O3. The molecule has 22 heavy (non-hydrogen) atoms. The molecule has 0 saturated carbocycles. The smallest absolute Gasteiger partial charge is 0.408 e. The predicted octanol–water partition coefficient (Wildman–Crippen LogP) is 3.36. The highest BCUT2D eigenvalue weighted by Gasteiger charge is 2.08. The Morgan fingerprint density at radius 2 is 1.95 bits per heavy atom. The second kappa shape index (κ2) is 5.87. The molecule has 2 N–H and O–H groups in total. The van der Waals surface area contributed by atoms with Crippen molar-refractivity contribution in [2.45, 2.75) is 6.54 Å². The van der Waals surface area contributed by atoms with Gasteiger partial charge in [-0.2, -0.15) is 0 Å². The lowest BCUT2D eigenvalue weighted by Crippen LogP contribution is -2.22. The average Bonchev–Trinajstić information content (AvgIpc) is 2.86. The summed E-state index contributed by atoms with van der Waals surface area (Å²) in [6, 6.07) is 9.89. The molecule has 1 aromatic heterocycles. The maximum absolute atomic E-state index is 12.1. The third-order valence-corrected chi connectivity index (χ3v) is 3.86. The fourth-order valence-electron chi connectivity index (χ4n) is 2.02. The normalized spacial score (nSPS) is 10.8. The van der Waals surface area contributed by atoms with Crippen molar-refractivity contribution in [3.8, 4) is 0 Å². The van der Waals surface area contributed by atoms with Gasteiger partial charge < -0.3 is 9.73 Å². The quantitative estimate of drug-likeness (QED) is 0.770. The molecule has 0 aliphatic heterocycles. The van der Waals surface area contributed by atoms with E-state index in [9.17, 15) is 9.59 Å². The summed E-state index contributed by atoms with van der Waals surface area (Å²) in [5, 5.41) is 3.48. The number of carbonyl (C=O) groups is 1. The first-order valence-electron chi connectivity index (χ1n) is 6.38. The van der Waals surface area contributed by atoms with Crippen LogP contribution in [0.15, 0.2) is 45.6 Å². The standard InChI is InChI=1S/C15H10Cl2N2O3/c16-10-3-2-9(6-11(10)17)14(20)18-7-8-1-4-12-13(5-8)22-15(21)19-12/h1-6H,7H2,(H,18,20)(H,19,21). The maximum atomic E-state index is 12.1. The van der Waals surface area contributed by atoms with Crippen LogP contribution in [0.2, 0.25) is 10.0 Å². The van der Waals surface area contributed by atoms with Crippen LogP contribution < -0.4 is 11.1 Å². The van der Waals surface area contributed by atoms with E-state index in [1.165, 1.54) is 6.07 Å². The van der Waals surface area contributed by atoms with E-state index >= 15 is 0 Å². The van der Waals surface area contributed by atoms with Gasteiger partial charge >= 0.3 is 5.76 Å². The predicted molar refractivity (Wildman–Crippen MR) is 84.5 cm³/mol. The van der Waals surface area contributed by atoms with Gasteiger partial charge in [0, 0.05) is 12.1 Å². The minimum Gasteiger partial charge on any atom is -0.408 e. The number of hydrogen-bond acceptors (Lipinski definition) is 3. The number of nitrogens with one attached hydrogen (secondary N) is 2. The van der Waals surface area contributed by atoms with Crippen molar-refractivity contribution in [3.63, 3.8) is 0 Å². The monoisotopic (exact) mass is 336 g/mol. The molecule has 0 fully saturated rings. The van der Waals surface area contributed by atoms with Crippen molar-refractivity contribution in [2.24, 2.45) is 0 Å². The van der Waals surface area contributed by atoms with Crippen LogP contribution in [0.5, 0.6) is 0 Å². The summed E-state index contributed by atoms with van der Waals surface area (Å²) in [7, 11) is 0. The Bertz CT molecular complexity index is 915. The molecule has 3 aromatic rings. The number of halogens is 2. The fraction of sp³-hybridized carbons (Fsp3) is 0.0667. The molecule has 0 spiro atoms. The van der Waals surface area contributed by atoms with Crippen molar-refractivity contribution in [3.05, 3.63) is 68.1 Å². The van der Waals surface area contributed by atoms with Crippen LogP contribution in [0.25, 0.3) is 11.1 Å². The van der Waals surface area contributed by atoms with Gasteiger partial charge in [-0.05, 0) is 35.9 Å². The Balaban J connectivity index is 1.73. The number of oxazole rings is 1. The van der Waals surface area contributed by atoms with Crippen molar-refractivity contribution in [1.29, 1.82) is 0 Å². The highest BCUT2D eigenvalue weighted by Crippen LogP contribution is 2.22. The van der Waals surface area contributed by atoms with Crippen LogP contribution in [-0.4, -0.2) is 10.9 Å². The summed E-state index contributed by atoms with van der Waals surface area (Å²) in [6.45, 7) is 0.296. The Labute approximate surface area is 134 Å². The highest BCUT2D eigenvalue weighted by molar-refractivity contribution is 6.42. The largest absolute Gasteiger partial charge is 0.417 e. The molecule has 0 unspecified atom stereocenters. The molecule has 7 heteroatoms. The topological polar surface area (TPSA) is 75.1 Å². The lowest BCUT2D eigenvalue weighted by Gasteiger charge is -2.06. The van der Waals surface area contributed by atoms with E-state index in [0.717, 1.165) is 5.56 Å². The van der Waals surface area contributed by atoms with Crippen LogP contribution >= 0.6 is 23.2 Å². The third-order valence-electron chi connectivity index (χ3n) is 3.12. The number of hydrogen-bond donors (Lipinski definition) is 2. The summed E-state index contributed by atoms with van der Waals surface area (Å²) < 4.78 is 4.97. The molecule has 3 rings (SSSR count). The van der Waals surface area contributed by atoms with Crippen LogP contribution in [-0.2, 0) is 6.54 Å². The Morgan fingerprint density at radius 3 is 2.73 bits per heavy atom. The lowest BCUT2D eigenvalue weighted by molar-refractivity contribution is 0.0951. The maximum Gasteiger partial charge on any atom is 0.417 e. The van der Waals surface area contributed by atoms with E-state index in [-0.39, 0.29) is 5.91 Å². The summed E-state index contributed by atoms with van der Waals surface area (Å²) in [5.74, 6) is -0.777.